The van der Waals surface area contributed by atoms with E-state index < -0.39 is 0 Å². The van der Waals surface area contributed by atoms with Gasteiger partial charge in [-0.1, -0.05) is 6.92 Å². The lowest BCUT2D eigenvalue weighted by molar-refractivity contribution is 0.600. The second-order valence-electron chi connectivity index (χ2n) is 4.43. The fourth-order valence-electron chi connectivity index (χ4n) is 1.97. The molecule has 1 fully saturated rings. The first-order chi connectivity index (χ1) is 7.31. The summed E-state index contributed by atoms with van der Waals surface area (Å²) in [5, 5.41) is 0.372. The maximum absolute atomic E-state index is 6.29. The molecule has 1 aliphatic rings. The van der Waals surface area contributed by atoms with Gasteiger partial charge in [-0.25, -0.2) is 4.98 Å². The van der Waals surface area contributed by atoms with Crippen molar-refractivity contribution in [3.05, 3.63) is 18.2 Å². The van der Waals surface area contributed by atoms with Crippen LogP contribution >= 0.6 is 11.6 Å². The zero-order valence-corrected chi connectivity index (χ0v) is 10.1. The van der Waals surface area contributed by atoms with E-state index in [9.17, 15) is 0 Å². The third-order valence-corrected chi connectivity index (χ3v) is 3.62. The van der Waals surface area contributed by atoms with Crippen molar-refractivity contribution >= 4 is 11.6 Å². The summed E-state index contributed by atoms with van der Waals surface area (Å²) < 4.78 is 2.25. The van der Waals surface area contributed by atoms with Crippen molar-refractivity contribution in [3.8, 4) is 0 Å². The van der Waals surface area contributed by atoms with Gasteiger partial charge in [0.15, 0.2) is 0 Å². The van der Waals surface area contributed by atoms with Gasteiger partial charge in [-0.15, -0.1) is 11.6 Å². The van der Waals surface area contributed by atoms with Gasteiger partial charge in [0, 0.05) is 30.7 Å². The van der Waals surface area contributed by atoms with Gasteiger partial charge in [-0.2, -0.15) is 0 Å². The zero-order chi connectivity index (χ0) is 10.7. The molecule has 3 heteroatoms. The Morgan fingerprint density at radius 3 is 3.07 bits per heavy atom. The van der Waals surface area contributed by atoms with Crippen LogP contribution in [0.3, 0.4) is 0 Å². The molecule has 1 unspecified atom stereocenters. The Morgan fingerprint density at radius 2 is 2.40 bits per heavy atom. The Bertz CT molecular complexity index is 304. The van der Waals surface area contributed by atoms with Crippen LogP contribution in [-0.2, 0) is 13.0 Å². The number of aryl methyl sites for hydroxylation is 2. The molecule has 1 aromatic heterocycles. The first-order valence-corrected chi connectivity index (χ1v) is 6.39. The molecule has 84 valence electrons. The molecule has 1 aromatic rings. The highest BCUT2D eigenvalue weighted by molar-refractivity contribution is 6.20. The van der Waals surface area contributed by atoms with Gasteiger partial charge >= 0.3 is 0 Å². The molecule has 2 rings (SSSR count). The highest BCUT2D eigenvalue weighted by Gasteiger charge is 2.29. The minimum Gasteiger partial charge on any atom is -0.335 e. The Labute approximate surface area is 96.7 Å². The van der Waals surface area contributed by atoms with Gasteiger partial charge in [0.05, 0.1) is 0 Å². The molecule has 0 aliphatic heterocycles. The molecule has 15 heavy (non-hydrogen) atoms. The Morgan fingerprint density at radius 1 is 1.60 bits per heavy atom. The monoisotopic (exact) mass is 226 g/mol. The minimum atomic E-state index is 0.372. The zero-order valence-electron chi connectivity index (χ0n) is 9.32. The lowest BCUT2D eigenvalue weighted by atomic mass is 10.1. The molecule has 0 saturated heterocycles. The number of hydrogen-bond acceptors (Lipinski definition) is 1. The molecule has 2 nitrogen and oxygen atoms in total. The maximum Gasteiger partial charge on any atom is 0.108 e. The van der Waals surface area contributed by atoms with E-state index in [1.165, 1.54) is 18.7 Å². The molecule has 0 radical (unpaired) electrons. The van der Waals surface area contributed by atoms with E-state index in [2.05, 4.69) is 22.7 Å². The van der Waals surface area contributed by atoms with Crippen LogP contribution in [0, 0.1) is 5.92 Å². The third kappa shape index (κ3) is 2.97. The van der Waals surface area contributed by atoms with Gasteiger partial charge in [0.25, 0.3) is 0 Å². The fraction of sp³-hybridized carbons (Fsp3) is 0.750. The molecule has 1 heterocycles. The Hall–Kier alpha value is -0.500. The predicted molar refractivity (Wildman–Crippen MR) is 63.2 cm³/mol. The van der Waals surface area contributed by atoms with Gasteiger partial charge < -0.3 is 4.57 Å². The fourth-order valence-corrected chi connectivity index (χ4v) is 2.33. The summed E-state index contributed by atoms with van der Waals surface area (Å²) in [5.41, 5.74) is 0. The van der Waals surface area contributed by atoms with Crippen LogP contribution in [0.15, 0.2) is 12.4 Å². The van der Waals surface area contributed by atoms with Crippen molar-refractivity contribution in [2.75, 3.05) is 0 Å². The normalized spacial score (nSPS) is 18.0. The van der Waals surface area contributed by atoms with Crippen molar-refractivity contribution in [1.82, 2.24) is 9.55 Å². The predicted octanol–water partition coefficient (Wildman–Crippen LogP) is 3.24. The van der Waals surface area contributed by atoms with E-state index >= 15 is 0 Å². The van der Waals surface area contributed by atoms with Gasteiger partial charge in [0.1, 0.15) is 5.82 Å². The molecule has 0 spiro atoms. The summed E-state index contributed by atoms with van der Waals surface area (Å²) in [6, 6.07) is 0. The van der Waals surface area contributed by atoms with E-state index in [0.29, 0.717) is 5.38 Å². The second-order valence-corrected chi connectivity index (χ2v) is 4.99. The maximum atomic E-state index is 6.29. The summed E-state index contributed by atoms with van der Waals surface area (Å²) >= 11 is 6.29. The van der Waals surface area contributed by atoms with E-state index in [-0.39, 0.29) is 0 Å². The van der Waals surface area contributed by atoms with Crippen LogP contribution in [0.2, 0.25) is 0 Å². The van der Waals surface area contributed by atoms with Gasteiger partial charge in [-0.3, -0.25) is 0 Å². The van der Waals surface area contributed by atoms with Crippen molar-refractivity contribution in [2.24, 2.45) is 5.92 Å². The third-order valence-electron chi connectivity index (χ3n) is 3.04. The quantitative estimate of drug-likeness (QED) is 0.681. The van der Waals surface area contributed by atoms with Crippen LogP contribution in [0.4, 0.5) is 0 Å². The first kappa shape index (κ1) is 11.0. The molecule has 1 saturated carbocycles. The van der Waals surface area contributed by atoms with Crippen LogP contribution < -0.4 is 0 Å². The van der Waals surface area contributed by atoms with E-state index in [0.717, 1.165) is 31.7 Å². The molecule has 1 aliphatic carbocycles. The SMILES string of the molecule is CCCn1ccnc1CCC(Cl)C1CC1. The number of halogens is 1. The summed E-state index contributed by atoms with van der Waals surface area (Å²) in [5.74, 6) is 1.99. The van der Waals surface area contributed by atoms with Gasteiger partial charge in [0.2, 0.25) is 0 Å². The molecule has 0 bridgehead atoms. The highest BCUT2D eigenvalue weighted by Crippen LogP contribution is 2.37. The number of imidazole rings is 1. The first-order valence-electron chi connectivity index (χ1n) is 5.95. The van der Waals surface area contributed by atoms with E-state index in [1.54, 1.807) is 0 Å². The summed E-state index contributed by atoms with van der Waals surface area (Å²) in [6.45, 7) is 3.27. The summed E-state index contributed by atoms with van der Waals surface area (Å²) in [6.07, 6.45) is 9.89. The van der Waals surface area contributed by atoms with Crippen molar-refractivity contribution in [1.29, 1.82) is 0 Å². The number of alkyl halides is 1. The van der Waals surface area contributed by atoms with Crippen LogP contribution in [0.5, 0.6) is 0 Å². The van der Waals surface area contributed by atoms with Crippen molar-refractivity contribution in [3.63, 3.8) is 0 Å². The van der Waals surface area contributed by atoms with Crippen LogP contribution in [0.1, 0.15) is 38.4 Å². The Balaban J connectivity index is 1.83. The summed E-state index contributed by atoms with van der Waals surface area (Å²) in [4.78, 5) is 4.39. The van der Waals surface area contributed by atoms with Crippen LogP contribution in [-0.4, -0.2) is 14.9 Å². The van der Waals surface area contributed by atoms with Crippen LogP contribution in [0.25, 0.3) is 0 Å². The second kappa shape index (κ2) is 5.02. The molecule has 0 N–H and O–H groups in total. The smallest absolute Gasteiger partial charge is 0.108 e. The Kier molecular flexibility index (Phi) is 3.68. The molecule has 0 amide bonds. The van der Waals surface area contributed by atoms with E-state index in [1.807, 2.05) is 6.20 Å². The molecular formula is C12H19ClN2. The van der Waals surface area contributed by atoms with Crippen molar-refractivity contribution in [2.45, 2.75) is 50.9 Å². The summed E-state index contributed by atoms with van der Waals surface area (Å²) in [7, 11) is 0. The average molecular weight is 227 g/mol. The number of nitrogens with zero attached hydrogens (tertiary/aromatic N) is 2. The number of rotatable bonds is 6. The standard InChI is InChI=1S/C12H19ClN2/c1-2-8-15-9-7-14-12(15)6-5-11(13)10-3-4-10/h7,9-11H,2-6,8H2,1H3. The van der Waals surface area contributed by atoms with Gasteiger partial charge in [-0.05, 0) is 31.6 Å². The number of hydrogen-bond donors (Lipinski definition) is 0. The average Bonchev–Trinajstić information content (AvgIpc) is 2.99. The molecule has 1 atom stereocenters. The molecule has 0 aromatic carbocycles. The number of aromatic nitrogens is 2. The lowest BCUT2D eigenvalue weighted by Gasteiger charge is -2.09. The van der Waals surface area contributed by atoms with Crippen molar-refractivity contribution < 1.29 is 0 Å². The highest BCUT2D eigenvalue weighted by atomic mass is 35.5. The van der Waals surface area contributed by atoms with E-state index in [4.69, 9.17) is 11.6 Å². The largest absolute Gasteiger partial charge is 0.335 e. The topological polar surface area (TPSA) is 17.8 Å². The molecular weight excluding hydrogens is 208 g/mol. The minimum absolute atomic E-state index is 0.372. The lowest BCUT2D eigenvalue weighted by Crippen LogP contribution is -2.08.